The molecule has 0 aromatic carbocycles. The number of hydrogen-bond acceptors (Lipinski definition) is 4. The highest BCUT2D eigenvalue weighted by Crippen LogP contribution is 2.19. The van der Waals surface area contributed by atoms with E-state index in [1.165, 1.54) is 49.6 Å². The van der Waals surface area contributed by atoms with Crippen LogP contribution in [0.15, 0.2) is 10.5 Å². The molecular weight excluding hydrogens is 316 g/mol. The molecule has 1 N–H and O–H groups in total. The second-order valence-electron chi connectivity index (χ2n) is 5.47. The summed E-state index contributed by atoms with van der Waals surface area (Å²) in [7, 11) is -1.08. The number of nitrogens with one attached hydrogen (secondary N) is 1. The number of nitrogens with zero attached hydrogens (tertiary/aromatic N) is 1. The van der Waals surface area contributed by atoms with E-state index in [0.717, 1.165) is 6.42 Å². The average molecular weight is 345 g/mol. The SMILES string of the molecule is CCCCC(CCC)CCNC(=O)c1cnc(S(=O)CC)s1. The lowest BCUT2D eigenvalue weighted by molar-refractivity contribution is 0.0954. The lowest BCUT2D eigenvalue weighted by Crippen LogP contribution is -2.25. The van der Waals surface area contributed by atoms with Gasteiger partial charge in [-0.05, 0) is 12.3 Å². The highest BCUT2D eigenvalue weighted by molar-refractivity contribution is 7.87. The van der Waals surface area contributed by atoms with E-state index in [9.17, 15) is 9.00 Å². The van der Waals surface area contributed by atoms with Crippen LogP contribution in [0, 0.1) is 5.92 Å². The van der Waals surface area contributed by atoms with Gasteiger partial charge in [-0.1, -0.05) is 52.9 Å². The van der Waals surface area contributed by atoms with E-state index in [1.807, 2.05) is 6.92 Å². The third kappa shape index (κ3) is 6.57. The van der Waals surface area contributed by atoms with Gasteiger partial charge in [-0.3, -0.25) is 9.00 Å². The molecule has 2 unspecified atom stereocenters. The molecule has 0 fully saturated rings. The zero-order valence-corrected chi connectivity index (χ0v) is 15.5. The standard InChI is InChI=1S/C16H28N2O2S2/c1-4-7-9-13(8-5-2)10-11-17-15(19)14-12-18-16(21-14)22(20)6-3/h12-13H,4-11H2,1-3H3,(H,17,19). The summed E-state index contributed by atoms with van der Waals surface area (Å²) in [5, 5.41) is 2.97. The van der Waals surface area contributed by atoms with Crippen LogP contribution in [-0.4, -0.2) is 27.4 Å². The minimum Gasteiger partial charge on any atom is -0.351 e. The van der Waals surface area contributed by atoms with Crippen molar-refractivity contribution in [2.75, 3.05) is 12.3 Å². The summed E-state index contributed by atoms with van der Waals surface area (Å²) in [5.74, 6) is 1.14. The topological polar surface area (TPSA) is 59.1 Å². The van der Waals surface area contributed by atoms with Gasteiger partial charge in [0.25, 0.3) is 5.91 Å². The van der Waals surface area contributed by atoms with Crippen molar-refractivity contribution in [1.29, 1.82) is 0 Å². The van der Waals surface area contributed by atoms with Crippen LogP contribution in [0.25, 0.3) is 0 Å². The van der Waals surface area contributed by atoms with Crippen LogP contribution in [0.5, 0.6) is 0 Å². The molecule has 0 spiro atoms. The smallest absolute Gasteiger partial charge is 0.263 e. The van der Waals surface area contributed by atoms with Crippen molar-refractivity contribution in [3.05, 3.63) is 11.1 Å². The molecule has 0 bridgehead atoms. The average Bonchev–Trinajstić information content (AvgIpc) is 3.01. The van der Waals surface area contributed by atoms with E-state index < -0.39 is 10.8 Å². The number of thiazole rings is 1. The molecule has 1 rings (SSSR count). The van der Waals surface area contributed by atoms with Crippen molar-refractivity contribution in [3.63, 3.8) is 0 Å². The van der Waals surface area contributed by atoms with E-state index in [0.29, 0.717) is 27.4 Å². The molecule has 0 aliphatic rings. The van der Waals surface area contributed by atoms with Crippen molar-refractivity contribution < 1.29 is 9.00 Å². The summed E-state index contributed by atoms with van der Waals surface area (Å²) in [5.41, 5.74) is 0. The number of rotatable bonds is 11. The van der Waals surface area contributed by atoms with Gasteiger partial charge in [-0.25, -0.2) is 4.98 Å². The lowest BCUT2D eigenvalue weighted by Gasteiger charge is -2.15. The molecule has 0 saturated carbocycles. The fraction of sp³-hybridized carbons (Fsp3) is 0.750. The molecule has 0 saturated heterocycles. The van der Waals surface area contributed by atoms with Crippen molar-refractivity contribution in [2.45, 2.75) is 63.6 Å². The number of carbonyl (C=O) groups is 1. The zero-order chi connectivity index (χ0) is 16.4. The molecule has 1 heterocycles. The minimum absolute atomic E-state index is 0.0948. The van der Waals surface area contributed by atoms with Gasteiger partial charge in [0.15, 0.2) is 4.34 Å². The molecule has 4 nitrogen and oxygen atoms in total. The first-order chi connectivity index (χ1) is 10.6. The van der Waals surface area contributed by atoms with Gasteiger partial charge in [0, 0.05) is 12.3 Å². The van der Waals surface area contributed by atoms with Crippen LogP contribution in [0.1, 0.15) is 69.0 Å². The Morgan fingerprint density at radius 3 is 2.68 bits per heavy atom. The first-order valence-corrected chi connectivity index (χ1v) is 10.4. The first kappa shape index (κ1) is 19.3. The molecule has 0 aliphatic carbocycles. The predicted octanol–water partition coefficient (Wildman–Crippen LogP) is 4.00. The number of aromatic nitrogens is 1. The maximum Gasteiger partial charge on any atom is 0.263 e. The van der Waals surface area contributed by atoms with Crippen LogP contribution in [0.3, 0.4) is 0 Å². The summed E-state index contributed by atoms with van der Waals surface area (Å²) in [6.45, 7) is 6.98. The molecule has 1 amide bonds. The van der Waals surface area contributed by atoms with Crippen molar-refractivity contribution in [1.82, 2.24) is 10.3 Å². The second kappa shape index (κ2) is 10.9. The van der Waals surface area contributed by atoms with Crippen molar-refractivity contribution in [3.8, 4) is 0 Å². The maximum atomic E-state index is 12.1. The lowest BCUT2D eigenvalue weighted by atomic mass is 9.94. The van der Waals surface area contributed by atoms with Crippen molar-refractivity contribution >= 4 is 28.0 Å². The highest BCUT2D eigenvalue weighted by Gasteiger charge is 2.14. The van der Waals surface area contributed by atoms with Gasteiger partial charge in [-0.15, -0.1) is 11.3 Å². The second-order valence-corrected chi connectivity index (χ2v) is 8.41. The van der Waals surface area contributed by atoms with E-state index in [2.05, 4.69) is 24.1 Å². The Balaban J connectivity index is 2.41. The van der Waals surface area contributed by atoms with Crippen LogP contribution >= 0.6 is 11.3 Å². The third-order valence-corrected chi connectivity index (χ3v) is 6.28. The van der Waals surface area contributed by atoms with Gasteiger partial charge in [0.2, 0.25) is 0 Å². The summed E-state index contributed by atoms with van der Waals surface area (Å²) in [6, 6.07) is 0. The molecular formula is C16H28N2O2S2. The molecule has 126 valence electrons. The number of unbranched alkanes of at least 4 members (excludes halogenated alkanes) is 1. The van der Waals surface area contributed by atoms with E-state index >= 15 is 0 Å². The summed E-state index contributed by atoms with van der Waals surface area (Å²) >= 11 is 1.23. The largest absolute Gasteiger partial charge is 0.351 e. The summed E-state index contributed by atoms with van der Waals surface area (Å²) in [4.78, 5) is 16.7. The Labute approximate surface area is 140 Å². The van der Waals surface area contributed by atoms with Gasteiger partial charge in [-0.2, -0.15) is 0 Å². The summed E-state index contributed by atoms with van der Waals surface area (Å²) < 4.78 is 12.2. The van der Waals surface area contributed by atoms with Crippen LogP contribution < -0.4 is 5.32 Å². The monoisotopic (exact) mass is 344 g/mol. The van der Waals surface area contributed by atoms with Gasteiger partial charge >= 0.3 is 0 Å². The van der Waals surface area contributed by atoms with Crippen LogP contribution in [0.2, 0.25) is 0 Å². The highest BCUT2D eigenvalue weighted by atomic mass is 32.2. The summed E-state index contributed by atoms with van der Waals surface area (Å²) in [6.07, 6.45) is 8.74. The molecule has 1 aromatic rings. The molecule has 0 radical (unpaired) electrons. The Morgan fingerprint density at radius 2 is 2.05 bits per heavy atom. The maximum absolute atomic E-state index is 12.1. The fourth-order valence-electron chi connectivity index (χ4n) is 2.40. The molecule has 1 aromatic heterocycles. The Kier molecular flexibility index (Phi) is 9.55. The number of carbonyl (C=O) groups excluding carboxylic acids is 1. The van der Waals surface area contributed by atoms with Gasteiger partial charge < -0.3 is 5.32 Å². The Morgan fingerprint density at radius 1 is 1.27 bits per heavy atom. The Bertz CT molecular complexity index is 474. The first-order valence-electron chi connectivity index (χ1n) is 8.24. The number of amides is 1. The molecule has 2 atom stereocenters. The molecule has 0 aliphatic heterocycles. The Hall–Kier alpha value is -0.750. The fourth-order valence-corrected chi connectivity index (χ4v) is 4.38. The van der Waals surface area contributed by atoms with E-state index in [-0.39, 0.29) is 5.91 Å². The predicted molar refractivity (Wildman–Crippen MR) is 93.9 cm³/mol. The normalized spacial score (nSPS) is 13.8. The van der Waals surface area contributed by atoms with E-state index in [4.69, 9.17) is 0 Å². The quantitative estimate of drug-likeness (QED) is 0.660. The van der Waals surface area contributed by atoms with Crippen LogP contribution in [-0.2, 0) is 10.8 Å². The third-order valence-electron chi connectivity index (χ3n) is 3.67. The minimum atomic E-state index is -1.08. The van der Waals surface area contributed by atoms with Gasteiger partial charge in [0.05, 0.1) is 17.0 Å². The molecule has 22 heavy (non-hydrogen) atoms. The van der Waals surface area contributed by atoms with Gasteiger partial charge in [0.1, 0.15) is 4.88 Å². The van der Waals surface area contributed by atoms with E-state index in [1.54, 1.807) is 0 Å². The zero-order valence-electron chi connectivity index (χ0n) is 13.9. The van der Waals surface area contributed by atoms with Crippen LogP contribution in [0.4, 0.5) is 0 Å². The number of hydrogen-bond donors (Lipinski definition) is 1. The van der Waals surface area contributed by atoms with Crippen molar-refractivity contribution in [2.24, 2.45) is 5.92 Å². The molecule has 6 heteroatoms.